The topological polar surface area (TPSA) is 24.5 Å². The quantitative estimate of drug-likeness (QED) is 0.474. The van der Waals surface area contributed by atoms with Gasteiger partial charge in [-0.3, -0.25) is 4.90 Å². The molecule has 26 heavy (non-hydrogen) atoms. The third kappa shape index (κ3) is 6.59. The molecule has 1 aromatic rings. The summed E-state index contributed by atoms with van der Waals surface area (Å²) >= 11 is 0. The van der Waals surface area contributed by atoms with Crippen LogP contribution in [0.1, 0.15) is 44.2 Å². The molecule has 1 fully saturated rings. The van der Waals surface area contributed by atoms with Crippen molar-refractivity contribution in [2.75, 3.05) is 26.2 Å². The van der Waals surface area contributed by atoms with Crippen molar-refractivity contribution in [2.45, 2.75) is 51.2 Å². The minimum atomic E-state index is -4.48. The lowest BCUT2D eigenvalue weighted by molar-refractivity contribution is -0.253. The van der Waals surface area contributed by atoms with Gasteiger partial charge in [-0.05, 0) is 24.1 Å². The van der Waals surface area contributed by atoms with E-state index in [1.54, 1.807) is 6.07 Å². The summed E-state index contributed by atoms with van der Waals surface area (Å²) in [6, 6.07) is 6.28. The van der Waals surface area contributed by atoms with Crippen molar-refractivity contribution in [1.29, 1.82) is 0 Å². The SMILES string of the molecule is CCCCC[C@H](c1cccc(OC(F)(F)C(F)F)c1)N1CCNCC1.Cl. The van der Waals surface area contributed by atoms with Gasteiger partial charge in [0.1, 0.15) is 5.75 Å². The normalized spacial score (nSPS) is 17.0. The molecule has 1 aliphatic heterocycles. The number of ether oxygens (including phenoxy) is 1. The van der Waals surface area contributed by atoms with Crippen molar-refractivity contribution < 1.29 is 22.3 Å². The average Bonchev–Trinajstić information content (AvgIpc) is 2.59. The molecule has 0 spiro atoms. The van der Waals surface area contributed by atoms with Crippen LogP contribution in [-0.2, 0) is 0 Å². The molecule has 0 radical (unpaired) electrons. The van der Waals surface area contributed by atoms with Gasteiger partial charge < -0.3 is 10.1 Å². The van der Waals surface area contributed by atoms with Gasteiger partial charge in [-0.1, -0.05) is 38.3 Å². The van der Waals surface area contributed by atoms with Gasteiger partial charge in [0.15, 0.2) is 0 Å². The predicted octanol–water partition coefficient (Wildman–Crippen LogP) is 4.87. The Morgan fingerprint density at radius 2 is 1.88 bits per heavy atom. The lowest BCUT2D eigenvalue weighted by Gasteiger charge is -2.35. The van der Waals surface area contributed by atoms with E-state index in [4.69, 9.17) is 0 Å². The van der Waals surface area contributed by atoms with Gasteiger partial charge in [-0.25, -0.2) is 0 Å². The monoisotopic (exact) mass is 398 g/mol. The number of piperazine rings is 1. The van der Waals surface area contributed by atoms with Crippen molar-refractivity contribution in [3.8, 4) is 5.75 Å². The van der Waals surface area contributed by atoms with Gasteiger partial charge >= 0.3 is 12.5 Å². The summed E-state index contributed by atoms with van der Waals surface area (Å²) in [4.78, 5) is 2.32. The molecule has 0 amide bonds. The van der Waals surface area contributed by atoms with Crippen LogP contribution >= 0.6 is 12.4 Å². The van der Waals surface area contributed by atoms with E-state index in [1.165, 1.54) is 12.1 Å². The van der Waals surface area contributed by atoms with Crippen LogP contribution in [0, 0.1) is 0 Å². The molecule has 3 nitrogen and oxygen atoms in total. The maximum atomic E-state index is 13.2. The lowest BCUT2D eigenvalue weighted by atomic mass is 9.98. The number of rotatable bonds is 9. The summed E-state index contributed by atoms with van der Waals surface area (Å²) in [5.74, 6) is -0.224. The summed E-state index contributed by atoms with van der Waals surface area (Å²) in [7, 11) is 0. The molecule has 0 aliphatic carbocycles. The number of hydrogen-bond acceptors (Lipinski definition) is 3. The van der Waals surface area contributed by atoms with E-state index in [2.05, 4.69) is 21.9 Å². The number of benzene rings is 1. The largest absolute Gasteiger partial charge is 0.461 e. The van der Waals surface area contributed by atoms with Crippen molar-refractivity contribution >= 4 is 12.4 Å². The predicted molar refractivity (Wildman–Crippen MR) is 96.6 cm³/mol. The van der Waals surface area contributed by atoms with Gasteiger partial charge in [0.05, 0.1) is 0 Å². The zero-order valence-corrected chi connectivity index (χ0v) is 15.7. The molecule has 1 N–H and O–H groups in total. The van der Waals surface area contributed by atoms with Crippen LogP contribution in [0.25, 0.3) is 0 Å². The second-order valence-corrected chi connectivity index (χ2v) is 6.33. The maximum Gasteiger partial charge on any atom is 0.461 e. The highest BCUT2D eigenvalue weighted by molar-refractivity contribution is 5.85. The van der Waals surface area contributed by atoms with Crippen molar-refractivity contribution in [3.63, 3.8) is 0 Å². The minimum Gasteiger partial charge on any atom is -0.428 e. The molecule has 2 rings (SSSR count). The summed E-state index contributed by atoms with van der Waals surface area (Å²) < 4.78 is 55.3. The molecular weight excluding hydrogens is 372 g/mol. The smallest absolute Gasteiger partial charge is 0.428 e. The molecule has 0 saturated carbocycles. The van der Waals surface area contributed by atoms with Gasteiger partial charge in [0.25, 0.3) is 0 Å². The number of alkyl halides is 4. The standard InChI is InChI=1S/C18H26F4N2O.ClH/c1-2-3-4-8-16(24-11-9-23-10-12-24)14-6-5-7-15(13-14)25-18(21,22)17(19)20;/h5-7,13,16-17,23H,2-4,8-12H2,1H3;1H/t16-;/m1./s1. The van der Waals surface area contributed by atoms with Crippen LogP contribution < -0.4 is 10.1 Å². The van der Waals surface area contributed by atoms with E-state index in [0.717, 1.165) is 57.4 Å². The second-order valence-electron chi connectivity index (χ2n) is 6.33. The Bertz CT molecular complexity index is 528. The highest BCUT2D eigenvalue weighted by atomic mass is 35.5. The molecule has 1 saturated heterocycles. The van der Waals surface area contributed by atoms with E-state index < -0.39 is 12.5 Å². The van der Waals surface area contributed by atoms with Gasteiger partial charge in [0, 0.05) is 32.2 Å². The number of hydrogen-bond donors (Lipinski definition) is 1. The van der Waals surface area contributed by atoms with E-state index in [0.29, 0.717) is 0 Å². The third-order valence-electron chi connectivity index (χ3n) is 4.42. The van der Waals surface area contributed by atoms with E-state index in [-0.39, 0.29) is 24.2 Å². The molecule has 1 aliphatic rings. The molecule has 1 heterocycles. The zero-order valence-electron chi connectivity index (χ0n) is 14.9. The molecule has 0 aromatic heterocycles. The first-order valence-corrected chi connectivity index (χ1v) is 8.83. The Morgan fingerprint density at radius 3 is 2.50 bits per heavy atom. The number of halogens is 5. The highest BCUT2D eigenvalue weighted by Gasteiger charge is 2.44. The maximum absolute atomic E-state index is 13.2. The first-order valence-electron chi connectivity index (χ1n) is 8.83. The molecular formula is C18H27ClF4N2O. The Labute approximate surface area is 158 Å². The Kier molecular flexibility index (Phi) is 9.68. The Hall–Kier alpha value is -1.05. The van der Waals surface area contributed by atoms with Gasteiger partial charge in [0.2, 0.25) is 0 Å². The number of nitrogens with one attached hydrogen (secondary N) is 1. The van der Waals surface area contributed by atoms with Crippen LogP contribution in [0.15, 0.2) is 24.3 Å². The number of nitrogens with zero attached hydrogens (tertiary/aromatic N) is 1. The molecule has 1 atom stereocenters. The minimum absolute atomic E-state index is 0. The van der Waals surface area contributed by atoms with E-state index in [1.807, 2.05) is 6.07 Å². The Balaban J connectivity index is 0.00000338. The van der Waals surface area contributed by atoms with Crippen LogP contribution in [0.3, 0.4) is 0 Å². The summed E-state index contributed by atoms with van der Waals surface area (Å²) in [6.07, 6.45) is -4.21. The van der Waals surface area contributed by atoms with Crippen LogP contribution in [0.5, 0.6) is 5.75 Å². The first-order chi connectivity index (χ1) is 11.9. The molecule has 0 unspecified atom stereocenters. The van der Waals surface area contributed by atoms with Crippen LogP contribution in [0.2, 0.25) is 0 Å². The van der Waals surface area contributed by atoms with Gasteiger partial charge in [-0.2, -0.15) is 17.6 Å². The third-order valence-corrected chi connectivity index (χ3v) is 4.42. The first kappa shape index (κ1) is 23.0. The summed E-state index contributed by atoms with van der Waals surface area (Å²) in [6.45, 7) is 5.62. The lowest BCUT2D eigenvalue weighted by Crippen LogP contribution is -2.45. The molecule has 0 bridgehead atoms. The van der Waals surface area contributed by atoms with Gasteiger partial charge in [-0.15, -0.1) is 12.4 Å². The van der Waals surface area contributed by atoms with Crippen LogP contribution in [-0.4, -0.2) is 43.6 Å². The van der Waals surface area contributed by atoms with Crippen LogP contribution in [0.4, 0.5) is 17.6 Å². The fraction of sp³-hybridized carbons (Fsp3) is 0.667. The number of unbranched alkanes of at least 4 members (excludes halogenated alkanes) is 2. The molecule has 8 heteroatoms. The Morgan fingerprint density at radius 1 is 1.19 bits per heavy atom. The molecule has 1 aromatic carbocycles. The molecule has 150 valence electrons. The fourth-order valence-corrected chi connectivity index (χ4v) is 3.13. The summed E-state index contributed by atoms with van der Waals surface area (Å²) in [5.41, 5.74) is 0.834. The summed E-state index contributed by atoms with van der Waals surface area (Å²) in [5, 5.41) is 3.29. The van der Waals surface area contributed by atoms with Crippen molar-refractivity contribution in [1.82, 2.24) is 10.2 Å². The zero-order chi connectivity index (χ0) is 18.3. The van der Waals surface area contributed by atoms with E-state index in [9.17, 15) is 17.6 Å². The highest BCUT2D eigenvalue weighted by Crippen LogP contribution is 2.32. The average molecular weight is 399 g/mol. The second kappa shape index (κ2) is 10.9. The van der Waals surface area contributed by atoms with Crippen molar-refractivity contribution in [2.24, 2.45) is 0 Å². The fourth-order valence-electron chi connectivity index (χ4n) is 3.13. The van der Waals surface area contributed by atoms with E-state index >= 15 is 0 Å². The van der Waals surface area contributed by atoms with Crippen molar-refractivity contribution in [3.05, 3.63) is 29.8 Å².